The second-order valence-electron chi connectivity index (χ2n) is 7.18. The Bertz CT molecular complexity index is 1010. The molecule has 4 rings (SSSR count). The van der Waals surface area contributed by atoms with Crippen molar-refractivity contribution < 1.29 is 23.9 Å². The van der Waals surface area contributed by atoms with Gasteiger partial charge in [0, 0.05) is 23.1 Å². The first kappa shape index (κ1) is 20.2. The number of ether oxygens (including phenoxy) is 2. The third-order valence-corrected chi connectivity index (χ3v) is 5.95. The highest BCUT2D eigenvalue weighted by atomic mass is 79.9. The summed E-state index contributed by atoms with van der Waals surface area (Å²) in [5, 5.41) is 0. The van der Waals surface area contributed by atoms with Crippen molar-refractivity contribution in [1.29, 1.82) is 0 Å². The van der Waals surface area contributed by atoms with E-state index < -0.39 is 23.8 Å². The summed E-state index contributed by atoms with van der Waals surface area (Å²) in [5.41, 5.74) is 6.50. The summed E-state index contributed by atoms with van der Waals surface area (Å²) in [7, 11) is 0. The zero-order valence-corrected chi connectivity index (χ0v) is 17.8. The Balaban J connectivity index is 1.32. The molecule has 1 fully saturated rings. The molecule has 3 amide bonds. The first-order valence-corrected chi connectivity index (χ1v) is 10.3. The Morgan fingerprint density at radius 2 is 1.83 bits per heavy atom. The number of para-hydroxylation sites is 2. The molecule has 0 saturated carbocycles. The zero-order valence-electron chi connectivity index (χ0n) is 16.2. The van der Waals surface area contributed by atoms with Crippen molar-refractivity contribution >= 4 is 39.3 Å². The van der Waals surface area contributed by atoms with Gasteiger partial charge in [0.15, 0.2) is 11.5 Å². The third-order valence-electron chi connectivity index (χ3n) is 5.06. The Morgan fingerprint density at radius 3 is 2.60 bits per heavy atom. The number of halogens is 1. The number of benzene rings is 2. The molecule has 0 bridgehead atoms. The van der Waals surface area contributed by atoms with Gasteiger partial charge in [0.1, 0.15) is 6.61 Å². The Hall–Kier alpha value is -3.07. The zero-order chi connectivity index (χ0) is 21.3. The minimum absolute atomic E-state index is 0.0390. The average molecular weight is 474 g/mol. The van der Waals surface area contributed by atoms with Crippen molar-refractivity contribution in [2.75, 3.05) is 18.1 Å². The monoisotopic (exact) mass is 473 g/mol. The van der Waals surface area contributed by atoms with Gasteiger partial charge < -0.3 is 14.4 Å². The number of aryl methyl sites for hydroxylation is 1. The van der Waals surface area contributed by atoms with Crippen LogP contribution < -0.4 is 25.2 Å². The molecule has 2 unspecified atom stereocenters. The van der Waals surface area contributed by atoms with Gasteiger partial charge in [-0.05, 0) is 42.8 Å². The quantitative estimate of drug-likeness (QED) is 0.665. The lowest BCUT2D eigenvalue weighted by Gasteiger charge is -2.25. The van der Waals surface area contributed by atoms with Crippen molar-refractivity contribution in [1.82, 2.24) is 10.9 Å². The standard InChI is InChI=1S/C21H20BrN3O5/c1-12-8-14(6-7-15(12)22)25-10-13(9-19(25)26)20(27)23-24-21(28)18-11-29-16-4-2-3-5-17(16)30-18/h2-8,13,18H,9-11H2,1H3,(H,23,27)(H,24,28). The van der Waals surface area contributed by atoms with Crippen LogP contribution in [-0.4, -0.2) is 37.0 Å². The number of carbonyl (C=O) groups is 3. The molecule has 1 saturated heterocycles. The lowest BCUT2D eigenvalue weighted by Crippen LogP contribution is -2.52. The number of nitrogens with one attached hydrogen (secondary N) is 2. The van der Waals surface area contributed by atoms with Gasteiger partial charge in [-0.15, -0.1) is 0 Å². The third kappa shape index (κ3) is 4.11. The second-order valence-corrected chi connectivity index (χ2v) is 8.04. The summed E-state index contributed by atoms with van der Waals surface area (Å²) >= 11 is 3.44. The topological polar surface area (TPSA) is 97.0 Å². The van der Waals surface area contributed by atoms with Crippen LogP contribution in [0.4, 0.5) is 5.69 Å². The van der Waals surface area contributed by atoms with Crippen LogP contribution >= 0.6 is 15.9 Å². The SMILES string of the molecule is Cc1cc(N2CC(C(=O)NNC(=O)C3COc4ccccc4O3)CC2=O)ccc1Br. The molecule has 0 radical (unpaired) electrons. The minimum atomic E-state index is -0.882. The molecule has 30 heavy (non-hydrogen) atoms. The number of hydrazine groups is 1. The maximum atomic E-state index is 12.5. The number of hydrogen-bond donors (Lipinski definition) is 2. The molecule has 8 nitrogen and oxygen atoms in total. The fourth-order valence-electron chi connectivity index (χ4n) is 3.38. The van der Waals surface area contributed by atoms with Crippen LogP contribution in [0, 0.1) is 12.8 Å². The van der Waals surface area contributed by atoms with Crippen LogP contribution in [0.1, 0.15) is 12.0 Å². The predicted octanol–water partition coefficient (Wildman–Crippen LogP) is 2.10. The van der Waals surface area contributed by atoms with E-state index in [1.54, 1.807) is 23.1 Å². The first-order chi connectivity index (χ1) is 14.4. The number of carbonyl (C=O) groups excluding carboxylic acids is 3. The van der Waals surface area contributed by atoms with E-state index >= 15 is 0 Å². The second kappa shape index (κ2) is 8.35. The molecule has 2 aromatic carbocycles. The average Bonchev–Trinajstić information content (AvgIpc) is 3.15. The number of fused-ring (bicyclic) bond motifs is 1. The van der Waals surface area contributed by atoms with Gasteiger partial charge in [-0.1, -0.05) is 28.1 Å². The number of amides is 3. The van der Waals surface area contributed by atoms with Crippen molar-refractivity contribution in [3.05, 3.63) is 52.5 Å². The summed E-state index contributed by atoms with van der Waals surface area (Å²) < 4.78 is 12.1. The summed E-state index contributed by atoms with van der Waals surface area (Å²) in [6, 6.07) is 12.6. The van der Waals surface area contributed by atoms with E-state index in [0.29, 0.717) is 11.5 Å². The molecule has 2 atom stereocenters. The van der Waals surface area contributed by atoms with Crippen LogP contribution in [0.15, 0.2) is 46.9 Å². The number of nitrogens with zero attached hydrogens (tertiary/aromatic N) is 1. The van der Waals surface area contributed by atoms with Gasteiger partial charge in [0.25, 0.3) is 5.91 Å². The van der Waals surface area contributed by atoms with Gasteiger partial charge in [0.05, 0.1) is 5.92 Å². The molecular formula is C21H20BrN3O5. The normalized spacial score (nSPS) is 20.1. The largest absolute Gasteiger partial charge is 0.485 e. The van der Waals surface area contributed by atoms with Gasteiger partial charge in [0.2, 0.25) is 17.9 Å². The summed E-state index contributed by atoms with van der Waals surface area (Å²) in [6.07, 6.45) is -0.805. The van der Waals surface area contributed by atoms with Crippen molar-refractivity contribution in [2.45, 2.75) is 19.4 Å². The van der Waals surface area contributed by atoms with E-state index in [-0.39, 0.29) is 25.5 Å². The van der Waals surface area contributed by atoms with Gasteiger partial charge in [-0.2, -0.15) is 0 Å². The molecule has 2 heterocycles. The maximum Gasteiger partial charge on any atom is 0.283 e. The van der Waals surface area contributed by atoms with E-state index in [2.05, 4.69) is 26.8 Å². The van der Waals surface area contributed by atoms with E-state index in [4.69, 9.17) is 9.47 Å². The van der Waals surface area contributed by atoms with Gasteiger partial charge in [-0.25, -0.2) is 0 Å². The van der Waals surface area contributed by atoms with Crippen molar-refractivity contribution in [3.8, 4) is 11.5 Å². The minimum Gasteiger partial charge on any atom is -0.485 e. The van der Waals surface area contributed by atoms with Crippen LogP contribution in [0.5, 0.6) is 11.5 Å². The number of hydrogen-bond acceptors (Lipinski definition) is 5. The molecular weight excluding hydrogens is 454 g/mol. The smallest absolute Gasteiger partial charge is 0.283 e. The summed E-state index contributed by atoms with van der Waals surface area (Å²) in [6.45, 7) is 2.22. The number of anilines is 1. The molecule has 9 heteroatoms. The predicted molar refractivity (Wildman–Crippen MR) is 112 cm³/mol. The molecule has 2 aromatic rings. The molecule has 0 aliphatic carbocycles. The molecule has 2 aliphatic heterocycles. The van der Waals surface area contributed by atoms with Crippen molar-refractivity contribution in [2.24, 2.45) is 5.92 Å². The Labute approximate surface area is 181 Å². The molecule has 2 aliphatic rings. The van der Waals surface area contributed by atoms with Crippen LogP contribution in [0.25, 0.3) is 0 Å². The van der Waals surface area contributed by atoms with E-state index in [0.717, 1.165) is 15.7 Å². The Kier molecular flexibility index (Phi) is 5.63. The van der Waals surface area contributed by atoms with Crippen molar-refractivity contribution in [3.63, 3.8) is 0 Å². The fourth-order valence-corrected chi connectivity index (χ4v) is 3.63. The van der Waals surface area contributed by atoms with Crippen LogP contribution in [0.3, 0.4) is 0 Å². The molecule has 156 valence electrons. The maximum absolute atomic E-state index is 12.5. The van der Waals surface area contributed by atoms with E-state index in [9.17, 15) is 14.4 Å². The highest BCUT2D eigenvalue weighted by Crippen LogP contribution is 2.31. The Morgan fingerprint density at radius 1 is 1.10 bits per heavy atom. The lowest BCUT2D eigenvalue weighted by atomic mass is 10.1. The van der Waals surface area contributed by atoms with E-state index in [1.807, 2.05) is 31.2 Å². The van der Waals surface area contributed by atoms with Crippen LogP contribution in [-0.2, 0) is 14.4 Å². The van der Waals surface area contributed by atoms with Gasteiger partial charge in [-0.3, -0.25) is 25.2 Å². The first-order valence-electron chi connectivity index (χ1n) is 9.47. The van der Waals surface area contributed by atoms with E-state index in [1.165, 1.54) is 0 Å². The highest BCUT2D eigenvalue weighted by Gasteiger charge is 2.36. The number of rotatable bonds is 3. The van der Waals surface area contributed by atoms with Gasteiger partial charge >= 0.3 is 0 Å². The van der Waals surface area contributed by atoms with Crippen LogP contribution in [0.2, 0.25) is 0 Å². The summed E-state index contributed by atoms with van der Waals surface area (Å²) in [5.74, 6) is -0.613. The molecule has 2 N–H and O–H groups in total. The molecule has 0 spiro atoms. The molecule has 0 aromatic heterocycles. The fraction of sp³-hybridized carbons (Fsp3) is 0.286. The highest BCUT2D eigenvalue weighted by molar-refractivity contribution is 9.10. The summed E-state index contributed by atoms with van der Waals surface area (Å²) in [4.78, 5) is 38.8. The lowest BCUT2D eigenvalue weighted by molar-refractivity contribution is -0.136.